The topological polar surface area (TPSA) is 44.5 Å². The van der Waals surface area contributed by atoms with E-state index < -0.39 is 0 Å². The molecule has 0 aromatic heterocycles. The zero-order valence-corrected chi connectivity index (χ0v) is 11.3. The number of ether oxygens (including phenoxy) is 2. The van der Waals surface area contributed by atoms with E-state index in [1.807, 2.05) is 18.2 Å². The molecule has 2 aromatic rings. The molecule has 19 heavy (non-hydrogen) atoms. The number of hydrogen-bond donors (Lipinski definition) is 1. The summed E-state index contributed by atoms with van der Waals surface area (Å²) in [7, 11) is 3.37. The van der Waals surface area contributed by atoms with Crippen LogP contribution in [0.25, 0.3) is 10.8 Å². The lowest BCUT2D eigenvalue weighted by atomic mass is 9.94. The summed E-state index contributed by atoms with van der Waals surface area (Å²) in [5, 5.41) is 2.23. The molecule has 0 aliphatic heterocycles. The summed E-state index contributed by atoms with van der Waals surface area (Å²) in [5.74, 6) is 2.25. The first kappa shape index (κ1) is 12.3. The largest absolute Gasteiger partial charge is 0.496 e. The first-order valence-electron chi connectivity index (χ1n) is 6.65. The van der Waals surface area contributed by atoms with Crippen molar-refractivity contribution in [3.05, 3.63) is 35.9 Å². The number of hydrogen-bond acceptors (Lipinski definition) is 3. The molecule has 1 unspecified atom stereocenters. The maximum atomic E-state index is 6.41. The van der Waals surface area contributed by atoms with E-state index in [0.29, 0.717) is 5.92 Å². The average Bonchev–Trinajstić information content (AvgIpc) is 3.29. The van der Waals surface area contributed by atoms with E-state index in [1.54, 1.807) is 14.2 Å². The Morgan fingerprint density at radius 3 is 2.26 bits per heavy atom. The Hall–Kier alpha value is -1.74. The van der Waals surface area contributed by atoms with Gasteiger partial charge in [0.15, 0.2) is 0 Å². The van der Waals surface area contributed by atoms with Crippen LogP contribution >= 0.6 is 0 Å². The summed E-state index contributed by atoms with van der Waals surface area (Å²) in [6.45, 7) is 0. The minimum Gasteiger partial charge on any atom is -0.496 e. The van der Waals surface area contributed by atoms with E-state index in [0.717, 1.165) is 27.8 Å². The van der Waals surface area contributed by atoms with Gasteiger partial charge in [-0.05, 0) is 24.1 Å². The fourth-order valence-electron chi connectivity index (χ4n) is 2.71. The van der Waals surface area contributed by atoms with Crippen LogP contribution in [-0.4, -0.2) is 14.2 Å². The molecule has 0 heterocycles. The Morgan fingerprint density at radius 2 is 1.68 bits per heavy atom. The second-order valence-electron chi connectivity index (χ2n) is 5.10. The molecule has 2 aromatic carbocycles. The van der Waals surface area contributed by atoms with Gasteiger partial charge in [-0.2, -0.15) is 0 Å². The highest BCUT2D eigenvalue weighted by atomic mass is 16.5. The van der Waals surface area contributed by atoms with E-state index >= 15 is 0 Å². The van der Waals surface area contributed by atoms with Gasteiger partial charge in [-0.25, -0.2) is 0 Å². The maximum absolute atomic E-state index is 6.41. The Labute approximate surface area is 113 Å². The van der Waals surface area contributed by atoms with Crippen molar-refractivity contribution < 1.29 is 9.47 Å². The Bertz CT molecular complexity index is 605. The number of fused-ring (bicyclic) bond motifs is 1. The quantitative estimate of drug-likeness (QED) is 0.914. The third-order valence-corrected chi connectivity index (χ3v) is 3.91. The van der Waals surface area contributed by atoms with E-state index in [9.17, 15) is 0 Å². The Kier molecular flexibility index (Phi) is 3.07. The van der Waals surface area contributed by atoms with Gasteiger partial charge in [-0.15, -0.1) is 0 Å². The predicted octanol–water partition coefficient (Wildman–Crippen LogP) is 3.27. The molecule has 0 radical (unpaired) electrons. The first-order chi connectivity index (χ1) is 9.26. The highest BCUT2D eigenvalue weighted by Crippen LogP contribution is 2.46. The summed E-state index contributed by atoms with van der Waals surface area (Å²) in [6, 6.07) is 10.2. The second kappa shape index (κ2) is 4.74. The number of methoxy groups -OCH3 is 2. The van der Waals surface area contributed by atoms with Crippen LogP contribution in [0.4, 0.5) is 0 Å². The lowest BCUT2D eigenvalue weighted by molar-refractivity contribution is 0.390. The van der Waals surface area contributed by atoms with Gasteiger partial charge in [0.25, 0.3) is 0 Å². The van der Waals surface area contributed by atoms with Crippen LogP contribution in [0, 0.1) is 5.92 Å². The van der Waals surface area contributed by atoms with Crippen LogP contribution in [-0.2, 0) is 0 Å². The molecule has 0 saturated heterocycles. The molecule has 3 rings (SSSR count). The highest BCUT2D eigenvalue weighted by Gasteiger charge is 2.32. The Morgan fingerprint density at radius 1 is 1.05 bits per heavy atom. The summed E-state index contributed by atoms with van der Waals surface area (Å²) in [5.41, 5.74) is 7.53. The summed E-state index contributed by atoms with van der Waals surface area (Å²) < 4.78 is 11.0. The van der Waals surface area contributed by atoms with Crippen molar-refractivity contribution in [3.63, 3.8) is 0 Å². The highest BCUT2D eigenvalue weighted by molar-refractivity contribution is 5.93. The van der Waals surface area contributed by atoms with E-state index in [-0.39, 0.29) is 6.04 Å². The van der Waals surface area contributed by atoms with Gasteiger partial charge in [0.1, 0.15) is 11.5 Å². The number of benzene rings is 2. The molecule has 1 fully saturated rings. The van der Waals surface area contributed by atoms with Crippen LogP contribution < -0.4 is 15.2 Å². The van der Waals surface area contributed by atoms with Crippen molar-refractivity contribution in [2.75, 3.05) is 14.2 Å². The molecule has 2 N–H and O–H groups in total. The van der Waals surface area contributed by atoms with Gasteiger partial charge in [0.05, 0.1) is 14.2 Å². The van der Waals surface area contributed by atoms with Crippen molar-refractivity contribution in [1.82, 2.24) is 0 Å². The average molecular weight is 257 g/mol. The third kappa shape index (κ3) is 2.04. The predicted molar refractivity (Wildman–Crippen MR) is 76.7 cm³/mol. The molecule has 1 saturated carbocycles. The molecule has 1 aliphatic rings. The fraction of sp³-hybridized carbons (Fsp3) is 0.375. The van der Waals surface area contributed by atoms with E-state index in [4.69, 9.17) is 15.2 Å². The summed E-state index contributed by atoms with van der Waals surface area (Å²) >= 11 is 0. The van der Waals surface area contributed by atoms with Gasteiger partial charge in [0, 0.05) is 23.1 Å². The zero-order chi connectivity index (χ0) is 13.4. The molecular formula is C16H19NO2. The molecular weight excluding hydrogens is 238 g/mol. The number of nitrogens with two attached hydrogens (primary N) is 1. The van der Waals surface area contributed by atoms with Crippen LogP contribution in [0.1, 0.15) is 24.4 Å². The van der Waals surface area contributed by atoms with Crippen molar-refractivity contribution in [1.29, 1.82) is 0 Å². The monoisotopic (exact) mass is 257 g/mol. The molecule has 1 atom stereocenters. The zero-order valence-electron chi connectivity index (χ0n) is 11.3. The Balaban J connectivity index is 2.27. The van der Waals surface area contributed by atoms with Crippen molar-refractivity contribution in [2.45, 2.75) is 18.9 Å². The normalized spacial score (nSPS) is 16.4. The SMILES string of the molecule is COc1cc(OC)c2ccccc2c1C(N)C1CC1. The second-order valence-corrected chi connectivity index (χ2v) is 5.10. The third-order valence-electron chi connectivity index (χ3n) is 3.91. The van der Waals surface area contributed by atoms with Crippen LogP contribution in [0.3, 0.4) is 0 Å². The summed E-state index contributed by atoms with van der Waals surface area (Å²) in [6.07, 6.45) is 2.43. The smallest absolute Gasteiger partial charge is 0.130 e. The van der Waals surface area contributed by atoms with Gasteiger partial charge >= 0.3 is 0 Å². The molecule has 0 spiro atoms. The molecule has 3 nitrogen and oxygen atoms in total. The van der Waals surface area contributed by atoms with Gasteiger partial charge < -0.3 is 15.2 Å². The summed E-state index contributed by atoms with van der Waals surface area (Å²) in [4.78, 5) is 0. The van der Waals surface area contributed by atoms with Crippen LogP contribution in [0.15, 0.2) is 30.3 Å². The van der Waals surface area contributed by atoms with Gasteiger partial charge in [0.2, 0.25) is 0 Å². The minimum atomic E-state index is 0.0470. The molecule has 0 amide bonds. The molecule has 100 valence electrons. The number of rotatable bonds is 4. The van der Waals surface area contributed by atoms with Gasteiger partial charge in [-0.3, -0.25) is 0 Å². The van der Waals surface area contributed by atoms with Crippen LogP contribution in [0.2, 0.25) is 0 Å². The fourth-order valence-corrected chi connectivity index (χ4v) is 2.71. The molecule has 1 aliphatic carbocycles. The molecule has 3 heteroatoms. The standard InChI is InChI=1S/C16H19NO2/c1-18-13-9-14(19-2)15(16(17)10-7-8-10)12-6-4-3-5-11(12)13/h3-6,9-10,16H,7-8,17H2,1-2H3. The van der Waals surface area contributed by atoms with E-state index in [1.165, 1.54) is 12.8 Å². The van der Waals surface area contributed by atoms with Gasteiger partial charge in [-0.1, -0.05) is 24.3 Å². The lowest BCUT2D eigenvalue weighted by Crippen LogP contribution is -2.14. The first-order valence-corrected chi connectivity index (χ1v) is 6.65. The minimum absolute atomic E-state index is 0.0470. The van der Waals surface area contributed by atoms with Crippen molar-refractivity contribution in [2.24, 2.45) is 11.7 Å². The lowest BCUT2D eigenvalue weighted by Gasteiger charge is -2.19. The van der Waals surface area contributed by atoms with Crippen molar-refractivity contribution in [3.8, 4) is 11.5 Å². The molecule has 0 bridgehead atoms. The van der Waals surface area contributed by atoms with E-state index in [2.05, 4.69) is 12.1 Å². The maximum Gasteiger partial charge on any atom is 0.130 e. The van der Waals surface area contributed by atoms with Crippen LogP contribution in [0.5, 0.6) is 11.5 Å². The van der Waals surface area contributed by atoms with Crippen molar-refractivity contribution >= 4 is 10.8 Å².